The summed E-state index contributed by atoms with van der Waals surface area (Å²) in [5, 5.41) is 9.30. The van der Waals surface area contributed by atoms with E-state index in [0.717, 1.165) is 35.5 Å². The number of nitrogens with two attached hydrogens (primary N) is 1. The first-order chi connectivity index (χ1) is 14.6. The largest absolute Gasteiger partial charge is 0.451 e. The van der Waals surface area contributed by atoms with Crippen LogP contribution in [0.5, 0.6) is 0 Å². The molecule has 0 aromatic carbocycles. The molecule has 2 N–H and O–H groups in total. The molecular formula is C21H20N6O3. The molecule has 0 spiro atoms. The topological polar surface area (TPSA) is 114 Å². The standard InChI is InChI=1S/C21H20N6O3/c1-29-15-8-14(9-15)26-12-17(20(25-26)16-4-2-3-7-23-16)27-11-13(10-24-27)18-5-6-19(30-18)21(22)28/h2-7,10-12,14-15H,8-9H2,1H3,(H2,22,28). The minimum atomic E-state index is -0.609. The van der Waals surface area contributed by atoms with Crippen molar-refractivity contribution in [3.8, 4) is 28.4 Å². The molecule has 0 saturated heterocycles. The number of hydrogen-bond acceptors (Lipinski definition) is 6. The molecule has 5 rings (SSSR count). The Hall–Kier alpha value is -3.72. The SMILES string of the molecule is COC1CC(n2cc(-n3cc(-c4ccc(C(N)=O)o4)cn3)c(-c3ccccn3)n2)C1. The Labute approximate surface area is 172 Å². The molecule has 4 aromatic heterocycles. The van der Waals surface area contributed by atoms with Gasteiger partial charge in [0.15, 0.2) is 5.76 Å². The minimum Gasteiger partial charge on any atom is -0.451 e. The van der Waals surface area contributed by atoms with E-state index in [2.05, 4.69) is 10.1 Å². The average molecular weight is 404 g/mol. The van der Waals surface area contributed by atoms with Crippen LogP contribution in [0.2, 0.25) is 0 Å². The Balaban J connectivity index is 1.52. The van der Waals surface area contributed by atoms with E-state index >= 15 is 0 Å². The summed E-state index contributed by atoms with van der Waals surface area (Å²) in [5.74, 6) is 0.0170. The second kappa shape index (κ2) is 7.27. The van der Waals surface area contributed by atoms with E-state index in [1.165, 1.54) is 0 Å². The number of methoxy groups -OCH3 is 1. The fourth-order valence-corrected chi connectivity index (χ4v) is 3.58. The van der Waals surface area contributed by atoms with Gasteiger partial charge in [0.25, 0.3) is 5.91 Å². The molecule has 30 heavy (non-hydrogen) atoms. The first-order valence-corrected chi connectivity index (χ1v) is 9.61. The van der Waals surface area contributed by atoms with Crippen LogP contribution < -0.4 is 5.73 Å². The van der Waals surface area contributed by atoms with Crippen LogP contribution >= 0.6 is 0 Å². The molecule has 9 nitrogen and oxygen atoms in total. The summed E-state index contributed by atoms with van der Waals surface area (Å²) in [4.78, 5) is 15.8. The Kier molecular flexibility index (Phi) is 4.44. The number of primary amides is 1. The summed E-state index contributed by atoms with van der Waals surface area (Å²) >= 11 is 0. The van der Waals surface area contributed by atoms with Gasteiger partial charge in [0.05, 0.1) is 35.8 Å². The fraction of sp³-hybridized carbons (Fsp3) is 0.238. The van der Waals surface area contributed by atoms with Crippen LogP contribution in [0.4, 0.5) is 0 Å². The van der Waals surface area contributed by atoms with Gasteiger partial charge in [-0.05, 0) is 37.1 Å². The van der Waals surface area contributed by atoms with Crippen LogP contribution in [0.15, 0.2) is 59.5 Å². The van der Waals surface area contributed by atoms with E-state index in [4.69, 9.17) is 20.0 Å². The zero-order chi connectivity index (χ0) is 20.7. The monoisotopic (exact) mass is 404 g/mol. The number of carbonyl (C=O) groups excluding carboxylic acids is 1. The van der Waals surface area contributed by atoms with Crippen LogP contribution in [0, 0.1) is 0 Å². The highest BCUT2D eigenvalue weighted by Crippen LogP contribution is 2.36. The normalized spacial score (nSPS) is 18.3. The zero-order valence-electron chi connectivity index (χ0n) is 16.3. The quantitative estimate of drug-likeness (QED) is 0.529. The Morgan fingerprint density at radius 3 is 2.80 bits per heavy atom. The first kappa shape index (κ1) is 18.3. The Morgan fingerprint density at radius 2 is 2.10 bits per heavy atom. The van der Waals surface area contributed by atoms with Crippen molar-refractivity contribution >= 4 is 5.91 Å². The maximum Gasteiger partial charge on any atom is 0.284 e. The first-order valence-electron chi connectivity index (χ1n) is 9.61. The molecule has 0 radical (unpaired) electrons. The predicted octanol–water partition coefficient (Wildman–Crippen LogP) is 2.84. The number of ether oxygens (including phenoxy) is 1. The minimum absolute atomic E-state index is 0.109. The molecule has 1 aliphatic carbocycles. The molecule has 152 valence electrons. The third-order valence-corrected chi connectivity index (χ3v) is 5.36. The van der Waals surface area contributed by atoms with E-state index in [-0.39, 0.29) is 17.9 Å². The number of pyridine rings is 1. The van der Waals surface area contributed by atoms with Crippen molar-refractivity contribution in [1.29, 1.82) is 0 Å². The van der Waals surface area contributed by atoms with Gasteiger partial charge in [-0.2, -0.15) is 10.2 Å². The Bertz CT molecular complexity index is 1190. The highest BCUT2D eigenvalue weighted by molar-refractivity contribution is 5.90. The van der Waals surface area contributed by atoms with Crippen LogP contribution in [0.3, 0.4) is 0 Å². The lowest BCUT2D eigenvalue weighted by molar-refractivity contribution is 0.00254. The summed E-state index contributed by atoms with van der Waals surface area (Å²) in [6.45, 7) is 0. The molecule has 1 saturated carbocycles. The highest BCUT2D eigenvalue weighted by Gasteiger charge is 2.32. The lowest BCUT2D eigenvalue weighted by atomic mass is 9.89. The van der Waals surface area contributed by atoms with Gasteiger partial charge in [0, 0.05) is 19.5 Å². The van der Waals surface area contributed by atoms with Gasteiger partial charge in [-0.1, -0.05) is 6.07 Å². The molecule has 1 amide bonds. The van der Waals surface area contributed by atoms with Crippen molar-refractivity contribution < 1.29 is 13.9 Å². The number of furan rings is 1. The van der Waals surface area contributed by atoms with Crippen molar-refractivity contribution in [2.75, 3.05) is 7.11 Å². The lowest BCUT2D eigenvalue weighted by Gasteiger charge is -2.34. The number of amides is 1. The molecule has 0 atom stereocenters. The van der Waals surface area contributed by atoms with Gasteiger partial charge < -0.3 is 14.9 Å². The highest BCUT2D eigenvalue weighted by atomic mass is 16.5. The molecule has 0 bridgehead atoms. The van der Waals surface area contributed by atoms with Gasteiger partial charge in [0.1, 0.15) is 17.1 Å². The third kappa shape index (κ3) is 3.18. The second-order valence-corrected chi connectivity index (χ2v) is 7.24. The van der Waals surface area contributed by atoms with Gasteiger partial charge in [-0.15, -0.1) is 0 Å². The third-order valence-electron chi connectivity index (χ3n) is 5.36. The van der Waals surface area contributed by atoms with Crippen LogP contribution in [-0.4, -0.2) is 43.7 Å². The summed E-state index contributed by atoms with van der Waals surface area (Å²) in [5.41, 5.74) is 8.31. The number of rotatable bonds is 6. The smallest absolute Gasteiger partial charge is 0.284 e. The van der Waals surface area contributed by atoms with Crippen molar-refractivity contribution in [2.45, 2.75) is 25.0 Å². The Morgan fingerprint density at radius 1 is 1.23 bits per heavy atom. The van der Waals surface area contributed by atoms with E-state index < -0.39 is 5.91 Å². The number of aromatic nitrogens is 5. The fourth-order valence-electron chi connectivity index (χ4n) is 3.58. The molecule has 1 fully saturated rings. The molecule has 1 aliphatic rings. The molecule has 0 aliphatic heterocycles. The molecular weight excluding hydrogens is 384 g/mol. The maximum atomic E-state index is 11.3. The van der Waals surface area contributed by atoms with Crippen LogP contribution in [-0.2, 0) is 4.74 Å². The van der Waals surface area contributed by atoms with Crippen molar-refractivity contribution in [1.82, 2.24) is 24.5 Å². The van der Waals surface area contributed by atoms with Gasteiger partial charge in [-0.25, -0.2) is 4.68 Å². The van der Waals surface area contributed by atoms with Crippen LogP contribution in [0.25, 0.3) is 28.4 Å². The predicted molar refractivity (Wildman–Crippen MR) is 108 cm³/mol. The summed E-state index contributed by atoms with van der Waals surface area (Å²) < 4.78 is 14.6. The van der Waals surface area contributed by atoms with E-state index in [1.54, 1.807) is 36.3 Å². The van der Waals surface area contributed by atoms with Crippen molar-refractivity contribution in [2.24, 2.45) is 5.73 Å². The number of carbonyl (C=O) groups is 1. The zero-order valence-corrected chi connectivity index (χ0v) is 16.3. The number of nitrogens with zero attached hydrogens (tertiary/aromatic N) is 5. The lowest BCUT2D eigenvalue weighted by Crippen LogP contribution is -2.32. The summed E-state index contributed by atoms with van der Waals surface area (Å²) in [6, 6.07) is 9.25. The molecule has 0 unspecified atom stereocenters. The van der Waals surface area contributed by atoms with Crippen molar-refractivity contribution in [3.63, 3.8) is 0 Å². The summed E-state index contributed by atoms with van der Waals surface area (Å²) in [6.07, 6.45) is 9.34. The maximum absolute atomic E-state index is 11.3. The van der Waals surface area contributed by atoms with Crippen molar-refractivity contribution in [3.05, 3.63) is 60.9 Å². The van der Waals surface area contributed by atoms with E-state index in [0.29, 0.717) is 5.76 Å². The molecule has 9 heteroatoms. The summed E-state index contributed by atoms with van der Waals surface area (Å²) in [7, 11) is 1.73. The molecule has 4 heterocycles. The van der Waals surface area contributed by atoms with Crippen LogP contribution in [0.1, 0.15) is 29.4 Å². The van der Waals surface area contributed by atoms with Gasteiger partial charge in [-0.3, -0.25) is 14.5 Å². The van der Waals surface area contributed by atoms with Gasteiger partial charge in [0.2, 0.25) is 0 Å². The van der Waals surface area contributed by atoms with E-state index in [9.17, 15) is 4.79 Å². The van der Waals surface area contributed by atoms with E-state index in [1.807, 2.05) is 35.3 Å². The number of hydrogen-bond donors (Lipinski definition) is 1. The van der Waals surface area contributed by atoms with Gasteiger partial charge >= 0.3 is 0 Å². The molecule has 4 aromatic rings. The average Bonchev–Trinajstić information content (AvgIpc) is 3.46. The second-order valence-electron chi connectivity index (χ2n) is 7.24.